The molecule has 30 heavy (non-hydrogen) atoms. The topological polar surface area (TPSA) is 57.6 Å². The predicted molar refractivity (Wildman–Crippen MR) is 116 cm³/mol. The van der Waals surface area contributed by atoms with Crippen molar-refractivity contribution in [3.8, 4) is 0 Å². The molecule has 2 bridgehead atoms. The Labute approximate surface area is 182 Å². The van der Waals surface area contributed by atoms with Crippen LogP contribution in [0, 0.1) is 11.8 Å². The number of aliphatic hydroxyl groups is 1. The maximum Gasteiger partial charge on any atom is 0.239 e. The van der Waals surface area contributed by atoms with Gasteiger partial charge in [-0.15, -0.1) is 0 Å². The zero-order chi connectivity index (χ0) is 20.6. The van der Waals surface area contributed by atoms with Crippen molar-refractivity contribution >= 4 is 33.4 Å². The fraction of sp³-hybridized carbons (Fsp3) is 0.200. The number of anilines is 1. The maximum absolute atomic E-state index is 13.8. The van der Waals surface area contributed by atoms with Crippen molar-refractivity contribution in [2.45, 2.75) is 11.3 Å². The van der Waals surface area contributed by atoms with Crippen LogP contribution in [0.3, 0.4) is 0 Å². The number of aliphatic hydroxyl groups excluding tert-OH is 1. The standard InChI is InChI=1S/C25H18BrNO3/c26-14-9-11-15(12-10-14)27-23(29)21-20-16-5-1-3-7-18(16)25(13-28,22(21)24(27)30)19-8-4-2-6-17(19)20/h1-12,20-22,28H,13H2/t20?,21-,22-,25?/m0/s1. The molecule has 2 atom stereocenters. The van der Waals surface area contributed by atoms with Crippen molar-refractivity contribution in [1.29, 1.82) is 0 Å². The van der Waals surface area contributed by atoms with Crippen LogP contribution in [0.4, 0.5) is 5.69 Å². The van der Waals surface area contributed by atoms with E-state index < -0.39 is 17.3 Å². The van der Waals surface area contributed by atoms with E-state index in [2.05, 4.69) is 15.9 Å². The number of nitrogens with zero attached hydrogens (tertiary/aromatic N) is 1. The average Bonchev–Trinajstić information content (AvgIpc) is 3.05. The smallest absolute Gasteiger partial charge is 0.239 e. The Morgan fingerprint density at radius 3 is 1.97 bits per heavy atom. The molecule has 1 saturated heterocycles. The fourth-order valence-electron chi connectivity index (χ4n) is 6.04. The highest BCUT2D eigenvalue weighted by Crippen LogP contribution is 2.64. The van der Waals surface area contributed by atoms with Gasteiger partial charge in [0.2, 0.25) is 11.8 Å². The lowest BCUT2D eigenvalue weighted by Gasteiger charge is -2.53. The van der Waals surface area contributed by atoms with Gasteiger partial charge in [-0.1, -0.05) is 64.5 Å². The van der Waals surface area contributed by atoms with E-state index in [0.717, 1.165) is 26.7 Å². The van der Waals surface area contributed by atoms with Crippen molar-refractivity contribution in [3.05, 3.63) is 99.5 Å². The summed E-state index contributed by atoms with van der Waals surface area (Å²) in [6, 6.07) is 23.1. The lowest BCUT2D eigenvalue weighted by Crippen LogP contribution is -2.55. The number of rotatable bonds is 2. The van der Waals surface area contributed by atoms with E-state index in [4.69, 9.17) is 0 Å². The van der Waals surface area contributed by atoms with Gasteiger partial charge in [-0.2, -0.15) is 0 Å². The molecule has 1 fully saturated rings. The van der Waals surface area contributed by atoms with Gasteiger partial charge in [0.1, 0.15) is 0 Å². The molecule has 3 aromatic rings. The highest BCUT2D eigenvalue weighted by molar-refractivity contribution is 9.10. The summed E-state index contributed by atoms with van der Waals surface area (Å²) in [4.78, 5) is 28.8. The first-order valence-corrected chi connectivity index (χ1v) is 10.8. The second-order valence-electron chi connectivity index (χ2n) is 8.27. The van der Waals surface area contributed by atoms with E-state index in [1.807, 2.05) is 60.7 Å². The van der Waals surface area contributed by atoms with Gasteiger partial charge in [-0.3, -0.25) is 9.59 Å². The van der Waals surface area contributed by atoms with Gasteiger partial charge in [0.25, 0.3) is 0 Å². The molecule has 0 radical (unpaired) electrons. The van der Waals surface area contributed by atoms with Crippen LogP contribution >= 0.6 is 15.9 Å². The molecule has 0 unspecified atom stereocenters. The summed E-state index contributed by atoms with van der Waals surface area (Å²) in [6.45, 7) is -0.220. The SMILES string of the molecule is O=C1[C@@H]2[C@@H](C(=O)N1c1ccc(Br)cc1)C1c3ccccc3C2(CO)c2ccccc21. The summed E-state index contributed by atoms with van der Waals surface area (Å²) in [6.07, 6.45) is 0. The van der Waals surface area contributed by atoms with Crippen molar-refractivity contribution in [2.24, 2.45) is 11.8 Å². The lowest BCUT2D eigenvalue weighted by atomic mass is 9.47. The van der Waals surface area contributed by atoms with E-state index in [1.165, 1.54) is 4.90 Å². The molecule has 1 aliphatic heterocycles. The van der Waals surface area contributed by atoms with Crippen LogP contribution in [0.1, 0.15) is 28.2 Å². The zero-order valence-corrected chi connectivity index (χ0v) is 17.5. The van der Waals surface area contributed by atoms with Crippen LogP contribution in [0.2, 0.25) is 0 Å². The summed E-state index contributed by atoms with van der Waals surface area (Å²) in [7, 11) is 0. The molecule has 1 N–H and O–H groups in total. The largest absolute Gasteiger partial charge is 0.395 e. The van der Waals surface area contributed by atoms with E-state index in [-0.39, 0.29) is 24.3 Å². The summed E-state index contributed by atoms with van der Waals surface area (Å²) in [5.41, 5.74) is 3.69. The third-order valence-corrected chi connectivity index (χ3v) is 7.66. The Morgan fingerprint density at radius 2 is 1.40 bits per heavy atom. The molecule has 3 aromatic carbocycles. The second-order valence-corrected chi connectivity index (χ2v) is 9.19. The summed E-state index contributed by atoms with van der Waals surface area (Å²) < 4.78 is 0.884. The first-order valence-electron chi connectivity index (χ1n) is 10.0. The zero-order valence-electron chi connectivity index (χ0n) is 16.0. The lowest BCUT2D eigenvalue weighted by molar-refractivity contribution is -0.124. The van der Waals surface area contributed by atoms with Gasteiger partial charge in [-0.25, -0.2) is 4.90 Å². The second kappa shape index (κ2) is 6.13. The van der Waals surface area contributed by atoms with Crippen LogP contribution in [0.25, 0.3) is 0 Å². The molecule has 1 heterocycles. The number of benzene rings is 3. The molecule has 0 spiro atoms. The molecule has 148 valence electrons. The molecule has 0 aromatic heterocycles. The normalized spacial score (nSPS) is 28.3. The number of imide groups is 1. The van der Waals surface area contributed by atoms with Crippen molar-refractivity contribution in [2.75, 3.05) is 11.5 Å². The van der Waals surface area contributed by atoms with Gasteiger partial charge in [0.15, 0.2) is 0 Å². The monoisotopic (exact) mass is 459 g/mol. The van der Waals surface area contributed by atoms with Crippen LogP contribution in [-0.4, -0.2) is 23.5 Å². The van der Waals surface area contributed by atoms with Crippen molar-refractivity contribution in [3.63, 3.8) is 0 Å². The fourth-order valence-corrected chi connectivity index (χ4v) is 6.31. The van der Waals surface area contributed by atoms with E-state index >= 15 is 0 Å². The molecule has 2 amide bonds. The average molecular weight is 460 g/mol. The number of carbonyl (C=O) groups excluding carboxylic acids is 2. The first kappa shape index (κ1) is 18.0. The van der Waals surface area contributed by atoms with Crippen LogP contribution < -0.4 is 4.90 Å². The molecule has 7 rings (SSSR count). The predicted octanol–water partition coefficient (Wildman–Crippen LogP) is 3.99. The van der Waals surface area contributed by atoms with E-state index in [1.54, 1.807) is 12.1 Å². The van der Waals surface area contributed by atoms with Gasteiger partial charge < -0.3 is 5.11 Å². The number of halogens is 1. The number of hydrogen-bond acceptors (Lipinski definition) is 3. The molecule has 3 aliphatic carbocycles. The quantitative estimate of drug-likeness (QED) is 0.589. The Bertz CT molecular complexity index is 1170. The Hall–Kier alpha value is -2.76. The minimum atomic E-state index is -0.913. The Morgan fingerprint density at radius 1 is 0.833 bits per heavy atom. The van der Waals surface area contributed by atoms with Gasteiger partial charge >= 0.3 is 0 Å². The van der Waals surface area contributed by atoms with E-state index in [9.17, 15) is 14.7 Å². The Kier molecular flexibility index (Phi) is 3.68. The van der Waals surface area contributed by atoms with Crippen molar-refractivity contribution < 1.29 is 14.7 Å². The first-order chi connectivity index (χ1) is 14.6. The van der Waals surface area contributed by atoms with Crippen LogP contribution in [-0.2, 0) is 15.0 Å². The summed E-state index contributed by atoms with van der Waals surface area (Å²) in [5.74, 6) is -1.73. The van der Waals surface area contributed by atoms with Crippen molar-refractivity contribution in [1.82, 2.24) is 0 Å². The molecule has 4 aliphatic rings. The van der Waals surface area contributed by atoms with Gasteiger partial charge in [0, 0.05) is 10.4 Å². The number of carbonyl (C=O) groups is 2. The minimum absolute atomic E-state index is 0.181. The Balaban J connectivity index is 1.63. The third-order valence-electron chi connectivity index (χ3n) is 7.13. The summed E-state index contributed by atoms with van der Waals surface area (Å²) >= 11 is 3.41. The van der Waals surface area contributed by atoms with E-state index in [0.29, 0.717) is 5.69 Å². The molecular weight excluding hydrogens is 442 g/mol. The summed E-state index contributed by atoms with van der Waals surface area (Å²) in [5, 5.41) is 10.8. The van der Waals surface area contributed by atoms with Crippen LogP contribution in [0.15, 0.2) is 77.3 Å². The van der Waals surface area contributed by atoms with Gasteiger partial charge in [-0.05, 0) is 46.5 Å². The molecule has 4 nitrogen and oxygen atoms in total. The van der Waals surface area contributed by atoms with Crippen LogP contribution in [0.5, 0.6) is 0 Å². The highest BCUT2D eigenvalue weighted by Gasteiger charge is 2.68. The maximum atomic E-state index is 13.8. The highest BCUT2D eigenvalue weighted by atomic mass is 79.9. The minimum Gasteiger partial charge on any atom is -0.395 e. The molecule has 5 heteroatoms. The third kappa shape index (κ3) is 1.99. The van der Waals surface area contributed by atoms with Gasteiger partial charge in [0.05, 0.1) is 29.5 Å². The molecule has 0 saturated carbocycles. The number of hydrogen-bond donors (Lipinski definition) is 1. The number of amides is 2. The molecular formula is C25H18BrNO3.